The van der Waals surface area contributed by atoms with Crippen LogP contribution in [0.3, 0.4) is 0 Å². The first-order valence-electron chi connectivity index (χ1n) is 7.81. The highest BCUT2D eigenvalue weighted by atomic mass is 35.5. The third-order valence-electron chi connectivity index (χ3n) is 4.04. The van der Waals surface area contributed by atoms with E-state index in [1.165, 1.54) is 0 Å². The number of hydrogen-bond acceptors (Lipinski definition) is 3. The Morgan fingerprint density at radius 2 is 1.78 bits per heavy atom. The second kappa shape index (κ2) is 7.68. The van der Waals surface area contributed by atoms with Gasteiger partial charge < -0.3 is 14.5 Å². The summed E-state index contributed by atoms with van der Waals surface area (Å²) in [5, 5.41) is 0.534. The molecule has 6 heteroatoms. The minimum Gasteiger partial charge on any atom is -0.497 e. The minimum atomic E-state index is -0.00430. The van der Waals surface area contributed by atoms with E-state index in [9.17, 15) is 9.59 Å². The van der Waals surface area contributed by atoms with Gasteiger partial charge in [0.2, 0.25) is 11.8 Å². The van der Waals surface area contributed by atoms with Gasteiger partial charge in [-0.05, 0) is 17.7 Å². The van der Waals surface area contributed by atoms with Crippen LogP contribution >= 0.6 is 11.6 Å². The Morgan fingerprint density at radius 1 is 1.17 bits per heavy atom. The third-order valence-corrected chi connectivity index (χ3v) is 4.39. The molecule has 0 saturated carbocycles. The number of amides is 2. The van der Waals surface area contributed by atoms with Gasteiger partial charge in [0.1, 0.15) is 5.75 Å². The lowest BCUT2D eigenvalue weighted by atomic mass is 10.1. The summed E-state index contributed by atoms with van der Waals surface area (Å²) >= 11 is 6.19. The van der Waals surface area contributed by atoms with Crippen molar-refractivity contribution in [2.75, 3.05) is 33.3 Å². The normalized spacial score (nSPS) is 15.0. The molecule has 1 aliphatic rings. The van der Waals surface area contributed by atoms with Crippen molar-refractivity contribution in [3.05, 3.63) is 28.8 Å². The first kappa shape index (κ1) is 17.6. The minimum absolute atomic E-state index is 0.00430. The lowest BCUT2D eigenvalue weighted by Gasteiger charge is -2.35. The summed E-state index contributed by atoms with van der Waals surface area (Å²) in [6, 6.07) is 5.33. The van der Waals surface area contributed by atoms with Gasteiger partial charge in [-0.1, -0.05) is 31.5 Å². The Hall–Kier alpha value is -1.75. The molecule has 0 N–H and O–H groups in total. The van der Waals surface area contributed by atoms with Gasteiger partial charge in [-0.2, -0.15) is 0 Å². The zero-order chi connectivity index (χ0) is 17.0. The van der Waals surface area contributed by atoms with E-state index in [1.807, 2.05) is 24.8 Å². The number of methoxy groups -OCH3 is 1. The zero-order valence-electron chi connectivity index (χ0n) is 13.8. The van der Waals surface area contributed by atoms with E-state index in [1.54, 1.807) is 24.1 Å². The maximum absolute atomic E-state index is 12.4. The van der Waals surface area contributed by atoms with Crippen molar-refractivity contribution in [2.45, 2.75) is 20.3 Å². The Bertz CT molecular complexity index is 581. The Morgan fingerprint density at radius 3 is 2.30 bits per heavy atom. The quantitative estimate of drug-likeness (QED) is 0.845. The molecule has 0 radical (unpaired) electrons. The lowest BCUT2D eigenvalue weighted by Crippen LogP contribution is -2.51. The number of carbonyl (C=O) groups excluding carboxylic acids is 2. The highest BCUT2D eigenvalue weighted by Gasteiger charge is 2.25. The number of benzene rings is 1. The first-order chi connectivity index (χ1) is 10.9. The summed E-state index contributed by atoms with van der Waals surface area (Å²) in [6.45, 7) is 6.13. The molecular weight excluding hydrogens is 316 g/mol. The Balaban J connectivity index is 1.92. The van der Waals surface area contributed by atoms with E-state index >= 15 is 0 Å². The Kier molecular flexibility index (Phi) is 5.88. The van der Waals surface area contributed by atoms with Crippen molar-refractivity contribution >= 4 is 23.4 Å². The van der Waals surface area contributed by atoms with Gasteiger partial charge in [-0.15, -0.1) is 0 Å². The van der Waals surface area contributed by atoms with Gasteiger partial charge in [-0.3, -0.25) is 9.59 Å². The molecule has 1 aliphatic heterocycles. The molecule has 0 bridgehead atoms. The lowest BCUT2D eigenvalue weighted by molar-refractivity contribution is -0.141. The number of rotatable bonds is 4. The molecule has 23 heavy (non-hydrogen) atoms. The van der Waals surface area contributed by atoms with Crippen LogP contribution in [0.4, 0.5) is 0 Å². The standard InChI is InChI=1S/C17H23ClN2O3/c1-12(2)17(22)20-8-6-19(7-9-20)16(21)10-13-4-5-14(23-3)11-15(13)18/h4-5,11-12H,6-10H2,1-3H3. The van der Waals surface area contributed by atoms with Gasteiger partial charge in [0.15, 0.2) is 0 Å². The van der Waals surface area contributed by atoms with Crippen LogP contribution in [-0.4, -0.2) is 54.9 Å². The van der Waals surface area contributed by atoms with Crippen LogP contribution in [0, 0.1) is 5.92 Å². The van der Waals surface area contributed by atoms with Crippen LogP contribution in [0.2, 0.25) is 5.02 Å². The van der Waals surface area contributed by atoms with E-state index in [0.29, 0.717) is 37.0 Å². The van der Waals surface area contributed by atoms with Gasteiger partial charge in [-0.25, -0.2) is 0 Å². The number of halogens is 1. The molecule has 1 saturated heterocycles. The van der Waals surface area contributed by atoms with Crippen molar-refractivity contribution < 1.29 is 14.3 Å². The van der Waals surface area contributed by atoms with Crippen molar-refractivity contribution in [1.29, 1.82) is 0 Å². The van der Waals surface area contributed by atoms with Crippen LogP contribution < -0.4 is 4.74 Å². The Labute approximate surface area is 142 Å². The predicted octanol–water partition coefficient (Wildman–Crippen LogP) is 2.22. The van der Waals surface area contributed by atoms with Crippen molar-refractivity contribution in [1.82, 2.24) is 9.80 Å². The molecule has 0 spiro atoms. The maximum Gasteiger partial charge on any atom is 0.227 e. The molecule has 1 fully saturated rings. The van der Waals surface area contributed by atoms with Crippen molar-refractivity contribution in [3.63, 3.8) is 0 Å². The molecule has 0 aliphatic carbocycles. The molecule has 5 nitrogen and oxygen atoms in total. The molecule has 0 unspecified atom stereocenters. The van der Waals surface area contributed by atoms with Gasteiger partial charge in [0.05, 0.1) is 13.5 Å². The molecule has 1 aromatic rings. The van der Waals surface area contributed by atoms with Crippen LogP contribution in [0.15, 0.2) is 18.2 Å². The van der Waals surface area contributed by atoms with Crippen molar-refractivity contribution in [3.8, 4) is 5.75 Å². The van der Waals surface area contributed by atoms with E-state index in [0.717, 1.165) is 5.56 Å². The molecule has 1 heterocycles. The number of ether oxygens (including phenoxy) is 1. The van der Waals surface area contributed by atoms with Gasteiger partial charge >= 0.3 is 0 Å². The largest absolute Gasteiger partial charge is 0.497 e. The summed E-state index contributed by atoms with van der Waals surface area (Å²) in [4.78, 5) is 28.0. The average Bonchev–Trinajstić information content (AvgIpc) is 2.55. The first-order valence-corrected chi connectivity index (χ1v) is 8.19. The molecule has 1 aromatic carbocycles. The highest BCUT2D eigenvalue weighted by Crippen LogP contribution is 2.23. The molecule has 0 atom stereocenters. The summed E-state index contributed by atoms with van der Waals surface area (Å²) in [5.41, 5.74) is 0.790. The summed E-state index contributed by atoms with van der Waals surface area (Å²) in [6.07, 6.45) is 0.265. The molecule has 0 aromatic heterocycles. The van der Waals surface area contributed by atoms with E-state index in [2.05, 4.69) is 0 Å². The second-order valence-corrected chi connectivity index (χ2v) is 6.40. The summed E-state index contributed by atoms with van der Waals surface area (Å²) in [7, 11) is 1.58. The highest BCUT2D eigenvalue weighted by molar-refractivity contribution is 6.31. The average molecular weight is 339 g/mol. The fourth-order valence-electron chi connectivity index (χ4n) is 2.61. The van der Waals surface area contributed by atoms with Crippen LogP contribution in [0.25, 0.3) is 0 Å². The molecule has 2 amide bonds. The number of carbonyl (C=O) groups is 2. The fourth-order valence-corrected chi connectivity index (χ4v) is 2.85. The number of nitrogens with zero attached hydrogens (tertiary/aromatic N) is 2. The maximum atomic E-state index is 12.4. The van der Waals surface area contributed by atoms with Gasteiger partial charge in [0, 0.05) is 37.1 Å². The monoisotopic (exact) mass is 338 g/mol. The number of hydrogen-bond donors (Lipinski definition) is 0. The van der Waals surface area contributed by atoms with Crippen LogP contribution in [0.1, 0.15) is 19.4 Å². The van der Waals surface area contributed by atoms with Gasteiger partial charge in [0.25, 0.3) is 0 Å². The predicted molar refractivity (Wildman–Crippen MR) is 89.7 cm³/mol. The summed E-state index contributed by atoms with van der Waals surface area (Å²) in [5.74, 6) is 0.853. The third kappa shape index (κ3) is 4.38. The number of piperazine rings is 1. The smallest absolute Gasteiger partial charge is 0.227 e. The van der Waals surface area contributed by atoms with E-state index < -0.39 is 0 Å². The summed E-state index contributed by atoms with van der Waals surface area (Å²) < 4.78 is 5.11. The SMILES string of the molecule is COc1ccc(CC(=O)N2CCN(C(=O)C(C)C)CC2)c(Cl)c1. The molecule has 126 valence electrons. The second-order valence-electron chi connectivity index (χ2n) is 5.99. The van der Waals surface area contributed by atoms with E-state index in [-0.39, 0.29) is 24.2 Å². The fraction of sp³-hybridized carbons (Fsp3) is 0.529. The van der Waals surface area contributed by atoms with E-state index in [4.69, 9.17) is 16.3 Å². The zero-order valence-corrected chi connectivity index (χ0v) is 14.6. The molecular formula is C17H23ClN2O3. The van der Waals surface area contributed by atoms with Crippen molar-refractivity contribution in [2.24, 2.45) is 5.92 Å². The topological polar surface area (TPSA) is 49.9 Å². The van der Waals surface area contributed by atoms with Crippen LogP contribution in [0.5, 0.6) is 5.75 Å². The molecule has 2 rings (SSSR count). The van der Waals surface area contributed by atoms with Crippen LogP contribution in [-0.2, 0) is 16.0 Å².